The van der Waals surface area contributed by atoms with Gasteiger partial charge in [0.05, 0.1) is 31.6 Å². The summed E-state index contributed by atoms with van der Waals surface area (Å²) in [4.78, 5) is 47.6. The van der Waals surface area contributed by atoms with Gasteiger partial charge in [-0.05, 0) is 39.5 Å². The van der Waals surface area contributed by atoms with Crippen molar-refractivity contribution in [2.45, 2.75) is 96.9 Å². The second-order valence-corrected chi connectivity index (χ2v) is 8.38. The molecule has 0 aliphatic rings. The van der Waals surface area contributed by atoms with Crippen LogP contribution in [0.25, 0.3) is 0 Å². The van der Waals surface area contributed by atoms with E-state index < -0.39 is 36.0 Å². The largest absolute Gasteiger partial charge is 0.462 e. The molecule has 3 amide bonds. The molecular weight excluding hydrogens is 446 g/mol. The second kappa shape index (κ2) is 19.1. The second-order valence-electron chi connectivity index (χ2n) is 8.38. The van der Waals surface area contributed by atoms with Crippen LogP contribution >= 0.6 is 0 Å². The van der Waals surface area contributed by atoms with Gasteiger partial charge in [-0.15, -0.1) is 0 Å². The first-order valence-electron chi connectivity index (χ1n) is 12.0. The molecule has 11 heteroatoms. The first-order valence-corrected chi connectivity index (χ1v) is 12.0. The van der Waals surface area contributed by atoms with E-state index in [9.17, 15) is 29.4 Å². The Morgan fingerprint density at radius 1 is 0.912 bits per heavy atom. The maximum absolute atomic E-state index is 12.4. The molecule has 4 atom stereocenters. The van der Waals surface area contributed by atoms with E-state index in [0.717, 1.165) is 12.8 Å². The predicted octanol–water partition coefficient (Wildman–Crippen LogP) is 0.164. The highest BCUT2D eigenvalue weighted by molar-refractivity contribution is 5.87. The summed E-state index contributed by atoms with van der Waals surface area (Å²) in [7, 11) is 0. The van der Waals surface area contributed by atoms with Crippen LogP contribution in [0.5, 0.6) is 0 Å². The van der Waals surface area contributed by atoms with Gasteiger partial charge in [0.25, 0.3) is 0 Å². The van der Waals surface area contributed by atoms with Crippen LogP contribution in [0, 0.1) is 0 Å². The number of ether oxygens (including phenoxy) is 2. The molecule has 0 unspecified atom stereocenters. The molecule has 0 aliphatic heterocycles. The van der Waals surface area contributed by atoms with Gasteiger partial charge < -0.3 is 35.6 Å². The molecule has 0 aromatic heterocycles. The van der Waals surface area contributed by atoms with E-state index in [4.69, 9.17) is 9.47 Å². The Morgan fingerprint density at radius 3 is 2.15 bits per heavy atom. The zero-order chi connectivity index (χ0) is 25.9. The van der Waals surface area contributed by atoms with Crippen molar-refractivity contribution >= 4 is 23.7 Å². The van der Waals surface area contributed by atoms with Crippen molar-refractivity contribution < 1.29 is 38.9 Å². The van der Waals surface area contributed by atoms with Crippen LogP contribution < -0.4 is 16.0 Å². The Hall–Kier alpha value is -2.24. The van der Waals surface area contributed by atoms with Gasteiger partial charge >= 0.3 is 5.97 Å². The fourth-order valence-electron chi connectivity index (χ4n) is 3.17. The number of nitrogens with one attached hydrogen (secondary N) is 3. The van der Waals surface area contributed by atoms with E-state index in [1.165, 1.54) is 6.92 Å². The molecule has 198 valence electrons. The number of hydrogen-bond donors (Lipinski definition) is 5. The van der Waals surface area contributed by atoms with Crippen LogP contribution in [0.2, 0.25) is 0 Å². The normalized spacial score (nSPS) is 14.4. The minimum atomic E-state index is -0.926. The molecule has 0 rings (SSSR count). The number of rotatable bonds is 19. The first kappa shape index (κ1) is 31.8. The lowest BCUT2D eigenvalue weighted by molar-refractivity contribution is -0.147. The summed E-state index contributed by atoms with van der Waals surface area (Å²) < 4.78 is 10.5. The molecule has 0 aromatic carbocycles. The molecule has 0 bridgehead atoms. The zero-order valence-corrected chi connectivity index (χ0v) is 20.9. The molecule has 11 nitrogen and oxygen atoms in total. The lowest BCUT2D eigenvalue weighted by atomic mass is 10.1. The van der Waals surface area contributed by atoms with E-state index in [1.54, 1.807) is 6.92 Å². The van der Waals surface area contributed by atoms with Gasteiger partial charge in [0.15, 0.2) is 0 Å². The van der Waals surface area contributed by atoms with Crippen LogP contribution in [0.3, 0.4) is 0 Å². The molecule has 0 heterocycles. The average Bonchev–Trinajstić information content (AvgIpc) is 2.74. The molecule has 0 saturated heterocycles. The van der Waals surface area contributed by atoms with Crippen molar-refractivity contribution in [1.82, 2.24) is 16.0 Å². The van der Waals surface area contributed by atoms with E-state index >= 15 is 0 Å². The summed E-state index contributed by atoms with van der Waals surface area (Å²) in [5.41, 5.74) is 0. The summed E-state index contributed by atoms with van der Waals surface area (Å²) >= 11 is 0. The standard InChI is InChI=1S/C23H43N3O8/c1-5-6-12-33-16(2)13-21(30)25-19(15-28)8-7-10-24-23(32)20(9-11-27)26-22(31)14-17(3)34-18(4)29/h16-17,19-20,27-28H,5-15H2,1-4H3,(H,24,32)(H,25,30)(H,26,31)/t16-,17-,19-,20+/m1/s1. The van der Waals surface area contributed by atoms with Crippen molar-refractivity contribution in [1.29, 1.82) is 0 Å². The van der Waals surface area contributed by atoms with Crippen molar-refractivity contribution in [3.05, 3.63) is 0 Å². The number of esters is 1. The van der Waals surface area contributed by atoms with E-state index in [2.05, 4.69) is 22.9 Å². The Kier molecular flexibility index (Phi) is 17.8. The maximum atomic E-state index is 12.4. The molecule has 0 spiro atoms. The highest BCUT2D eigenvalue weighted by Crippen LogP contribution is 2.03. The van der Waals surface area contributed by atoms with Crippen molar-refractivity contribution in [3.8, 4) is 0 Å². The van der Waals surface area contributed by atoms with Gasteiger partial charge in [-0.25, -0.2) is 0 Å². The van der Waals surface area contributed by atoms with Crippen molar-refractivity contribution in [2.24, 2.45) is 0 Å². The molecular formula is C23H43N3O8. The Balaban J connectivity index is 4.37. The average molecular weight is 490 g/mol. The molecule has 0 aromatic rings. The van der Waals surface area contributed by atoms with Crippen LogP contribution in [-0.4, -0.2) is 84.6 Å². The lowest BCUT2D eigenvalue weighted by Crippen LogP contribution is -2.48. The molecule has 0 saturated carbocycles. The zero-order valence-electron chi connectivity index (χ0n) is 20.9. The SMILES string of the molecule is CCCCO[C@H](C)CC(=O)N[C@@H](CO)CCCNC(=O)[C@H](CCO)NC(=O)C[C@@H](C)OC(C)=O. The topological polar surface area (TPSA) is 163 Å². The fourth-order valence-corrected chi connectivity index (χ4v) is 3.17. The quantitative estimate of drug-likeness (QED) is 0.127. The lowest BCUT2D eigenvalue weighted by Gasteiger charge is -2.20. The number of aliphatic hydroxyl groups is 2. The molecule has 5 N–H and O–H groups in total. The summed E-state index contributed by atoms with van der Waals surface area (Å²) in [5.74, 6) is -1.64. The van der Waals surface area contributed by atoms with Gasteiger partial charge in [0.2, 0.25) is 17.7 Å². The molecule has 0 radical (unpaired) electrons. The van der Waals surface area contributed by atoms with Crippen LogP contribution in [-0.2, 0) is 28.7 Å². The van der Waals surface area contributed by atoms with E-state index in [-0.39, 0.29) is 51.0 Å². The van der Waals surface area contributed by atoms with E-state index in [1.807, 2.05) is 6.92 Å². The summed E-state index contributed by atoms with van der Waals surface area (Å²) in [6.07, 6.45) is 2.19. The highest BCUT2D eigenvalue weighted by Gasteiger charge is 2.22. The first-order chi connectivity index (χ1) is 16.1. The van der Waals surface area contributed by atoms with Crippen molar-refractivity contribution in [2.75, 3.05) is 26.4 Å². The third-order valence-electron chi connectivity index (χ3n) is 4.90. The Bertz CT molecular complexity index is 617. The van der Waals surface area contributed by atoms with Gasteiger partial charge in [-0.2, -0.15) is 0 Å². The highest BCUT2D eigenvalue weighted by atomic mass is 16.5. The Morgan fingerprint density at radius 2 is 1.56 bits per heavy atom. The number of hydrogen-bond acceptors (Lipinski definition) is 8. The predicted molar refractivity (Wildman–Crippen MR) is 126 cm³/mol. The van der Waals surface area contributed by atoms with E-state index in [0.29, 0.717) is 19.4 Å². The molecule has 34 heavy (non-hydrogen) atoms. The third-order valence-corrected chi connectivity index (χ3v) is 4.90. The fraction of sp³-hybridized carbons (Fsp3) is 0.826. The summed E-state index contributed by atoms with van der Waals surface area (Å²) in [6.45, 7) is 7.06. The maximum Gasteiger partial charge on any atom is 0.302 e. The number of carbonyl (C=O) groups is 4. The van der Waals surface area contributed by atoms with Gasteiger partial charge in [0, 0.05) is 26.7 Å². The van der Waals surface area contributed by atoms with Crippen molar-refractivity contribution in [3.63, 3.8) is 0 Å². The minimum absolute atomic E-state index is 0.0351. The number of aliphatic hydroxyl groups excluding tert-OH is 2. The monoisotopic (exact) mass is 489 g/mol. The number of unbranched alkanes of at least 4 members (excludes halogenated alkanes) is 1. The summed E-state index contributed by atoms with van der Waals surface area (Å²) in [6, 6.07) is -1.37. The van der Waals surface area contributed by atoms with Crippen LogP contribution in [0.1, 0.15) is 72.6 Å². The molecule has 0 aliphatic carbocycles. The number of carbonyl (C=O) groups excluding carboxylic acids is 4. The van der Waals surface area contributed by atoms with Gasteiger partial charge in [0.1, 0.15) is 12.1 Å². The molecule has 0 fully saturated rings. The van der Waals surface area contributed by atoms with Crippen LogP contribution in [0.4, 0.5) is 0 Å². The summed E-state index contributed by atoms with van der Waals surface area (Å²) in [5, 5.41) is 26.7. The van der Waals surface area contributed by atoms with Gasteiger partial charge in [-0.1, -0.05) is 13.3 Å². The number of amides is 3. The minimum Gasteiger partial charge on any atom is -0.462 e. The smallest absolute Gasteiger partial charge is 0.302 e. The van der Waals surface area contributed by atoms with Crippen LogP contribution in [0.15, 0.2) is 0 Å². The Labute approximate surface area is 202 Å². The third kappa shape index (κ3) is 16.4. The van der Waals surface area contributed by atoms with Gasteiger partial charge in [-0.3, -0.25) is 19.2 Å².